The molecule has 1 N–H and O–H groups in total. The van der Waals surface area contributed by atoms with Crippen molar-refractivity contribution in [3.05, 3.63) is 75.6 Å². The first-order valence-corrected chi connectivity index (χ1v) is 11.0. The van der Waals surface area contributed by atoms with Crippen LogP contribution in [0.4, 0.5) is 17.1 Å². The minimum Gasteiger partial charge on any atom is -0.369 e. The average molecular weight is 449 g/mol. The van der Waals surface area contributed by atoms with Gasteiger partial charge in [0.1, 0.15) is 0 Å². The van der Waals surface area contributed by atoms with Gasteiger partial charge in [-0.05, 0) is 45.0 Å². The Balaban J connectivity index is 1.33. The lowest BCUT2D eigenvalue weighted by Crippen LogP contribution is -2.48. The molecule has 0 aliphatic carbocycles. The van der Waals surface area contributed by atoms with Crippen LogP contribution in [0, 0.1) is 30.9 Å². The van der Waals surface area contributed by atoms with Gasteiger partial charge in [0, 0.05) is 44.0 Å². The number of carbonyl (C=O) groups excluding carboxylic acids is 1. The van der Waals surface area contributed by atoms with Crippen molar-refractivity contribution >= 4 is 23.0 Å². The predicted octanol–water partition coefficient (Wildman–Crippen LogP) is 3.47. The van der Waals surface area contributed by atoms with Gasteiger partial charge in [0.05, 0.1) is 34.2 Å². The van der Waals surface area contributed by atoms with Gasteiger partial charge in [-0.2, -0.15) is 5.10 Å². The second-order valence-electron chi connectivity index (χ2n) is 8.38. The van der Waals surface area contributed by atoms with Crippen molar-refractivity contribution in [1.82, 2.24) is 14.7 Å². The lowest BCUT2D eigenvalue weighted by Gasteiger charge is -2.35. The SMILES string of the molecule is Cc1ccc(-n2nc(C)c(NC(=O)CN3CCN(c4ccc([N+](=O)[O-])cc4)CC3)c2C)cc1. The number of benzene rings is 2. The second-order valence-corrected chi connectivity index (χ2v) is 8.38. The Bertz CT molecular complexity index is 1150. The van der Waals surface area contributed by atoms with E-state index in [9.17, 15) is 14.9 Å². The maximum absolute atomic E-state index is 12.8. The Kier molecular flexibility index (Phi) is 6.41. The van der Waals surface area contributed by atoms with Gasteiger partial charge in [0.25, 0.3) is 5.69 Å². The van der Waals surface area contributed by atoms with Gasteiger partial charge in [-0.25, -0.2) is 4.68 Å². The third kappa shape index (κ3) is 5.04. The first kappa shape index (κ1) is 22.5. The molecule has 1 aliphatic rings. The topological polar surface area (TPSA) is 96.5 Å². The van der Waals surface area contributed by atoms with Crippen LogP contribution in [-0.2, 0) is 4.79 Å². The zero-order chi connectivity index (χ0) is 23.5. The molecule has 9 nitrogen and oxygen atoms in total. The highest BCUT2D eigenvalue weighted by atomic mass is 16.6. The van der Waals surface area contributed by atoms with E-state index < -0.39 is 4.92 Å². The quantitative estimate of drug-likeness (QED) is 0.458. The summed E-state index contributed by atoms with van der Waals surface area (Å²) in [4.78, 5) is 27.5. The standard InChI is InChI=1S/C24H28N6O3/c1-17-4-6-21(7-5-17)29-19(3)24(18(2)26-29)25-23(31)16-27-12-14-28(15-13-27)20-8-10-22(11-9-20)30(32)33/h4-11H,12-16H2,1-3H3,(H,25,31). The minimum atomic E-state index is -0.395. The number of aromatic nitrogens is 2. The van der Waals surface area contributed by atoms with Crippen LogP contribution in [0.1, 0.15) is 17.0 Å². The highest BCUT2D eigenvalue weighted by molar-refractivity contribution is 5.93. The van der Waals surface area contributed by atoms with Crippen molar-refractivity contribution in [3.8, 4) is 5.69 Å². The summed E-state index contributed by atoms with van der Waals surface area (Å²) in [5, 5.41) is 18.5. The molecule has 1 aliphatic heterocycles. The third-order valence-corrected chi connectivity index (χ3v) is 6.00. The molecule has 3 aromatic rings. The molecule has 2 heterocycles. The first-order chi connectivity index (χ1) is 15.8. The van der Waals surface area contributed by atoms with Crippen molar-refractivity contribution in [1.29, 1.82) is 0 Å². The Morgan fingerprint density at radius 1 is 0.970 bits per heavy atom. The third-order valence-electron chi connectivity index (χ3n) is 6.00. The van der Waals surface area contributed by atoms with Crippen molar-refractivity contribution in [2.45, 2.75) is 20.8 Å². The molecule has 2 aromatic carbocycles. The van der Waals surface area contributed by atoms with E-state index in [1.807, 2.05) is 49.7 Å². The van der Waals surface area contributed by atoms with Crippen LogP contribution >= 0.6 is 0 Å². The summed E-state index contributed by atoms with van der Waals surface area (Å²) in [7, 11) is 0. The largest absolute Gasteiger partial charge is 0.369 e. The van der Waals surface area contributed by atoms with E-state index in [1.54, 1.807) is 12.1 Å². The Hall–Kier alpha value is -3.72. The fraction of sp³-hybridized carbons (Fsp3) is 0.333. The maximum atomic E-state index is 12.8. The normalized spacial score (nSPS) is 14.3. The van der Waals surface area contributed by atoms with Crippen molar-refractivity contribution in [2.75, 3.05) is 42.9 Å². The molecule has 0 unspecified atom stereocenters. The van der Waals surface area contributed by atoms with Crippen LogP contribution in [0.3, 0.4) is 0 Å². The fourth-order valence-electron chi connectivity index (χ4n) is 4.09. The smallest absolute Gasteiger partial charge is 0.269 e. The summed E-state index contributed by atoms with van der Waals surface area (Å²) in [6, 6.07) is 14.7. The van der Waals surface area contributed by atoms with E-state index in [1.165, 1.54) is 17.7 Å². The van der Waals surface area contributed by atoms with Crippen LogP contribution in [0.5, 0.6) is 0 Å². The van der Waals surface area contributed by atoms with Gasteiger partial charge in [0.15, 0.2) is 0 Å². The fourth-order valence-corrected chi connectivity index (χ4v) is 4.09. The van der Waals surface area contributed by atoms with E-state index in [0.29, 0.717) is 6.54 Å². The van der Waals surface area contributed by atoms with Gasteiger partial charge in [-0.15, -0.1) is 0 Å². The summed E-state index contributed by atoms with van der Waals surface area (Å²) >= 11 is 0. The number of piperazine rings is 1. The number of non-ortho nitro benzene ring substituents is 1. The maximum Gasteiger partial charge on any atom is 0.269 e. The Morgan fingerprint density at radius 2 is 1.58 bits per heavy atom. The van der Waals surface area contributed by atoms with E-state index >= 15 is 0 Å². The molecular weight excluding hydrogens is 420 g/mol. The zero-order valence-electron chi connectivity index (χ0n) is 19.1. The van der Waals surface area contributed by atoms with Crippen molar-refractivity contribution in [3.63, 3.8) is 0 Å². The lowest BCUT2D eigenvalue weighted by molar-refractivity contribution is -0.384. The number of carbonyl (C=O) groups is 1. The molecular formula is C24H28N6O3. The zero-order valence-corrected chi connectivity index (χ0v) is 19.1. The van der Waals surface area contributed by atoms with Gasteiger partial charge in [0.2, 0.25) is 5.91 Å². The number of hydrogen-bond donors (Lipinski definition) is 1. The monoisotopic (exact) mass is 448 g/mol. The molecule has 0 bridgehead atoms. The molecule has 0 atom stereocenters. The number of aryl methyl sites for hydroxylation is 2. The number of nitro benzene ring substituents is 1. The highest BCUT2D eigenvalue weighted by Crippen LogP contribution is 2.24. The molecule has 172 valence electrons. The minimum absolute atomic E-state index is 0.0616. The highest BCUT2D eigenvalue weighted by Gasteiger charge is 2.21. The molecule has 1 aromatic heterocycles. The van der Waals surface area contributed by atoms with E-state index in [2.05, 4.69) is 20.2 Å². The molecule has 1 fully saturated rings. The van der Waals surface area contributed by atoms with Crippen molar-refractivity contribution in [2.24, 2.45) is 0 Å². The summed E-state index contributed by atoms with van der Waals surface area (Å²) in [6.07, 6.45) is 0. The molecule has 4 rings (SSSR count). The molecule has 0 spiro atoms. The Labute approximate surface area is 192 Å². The van der Waals surface area contributed by atoms with Crippen LogP contribution in [0.2, 0.25) is 0 Å². The molecule has 0 saturated carbocycles. The van der Waals surface area contributed by atoms with Gasteiger partial charge < -0.3 is 10.2 Å². The van der Waals surface area contributed by atoms with Crippen LogP contribution < -0.4 is 10.2 Å². The van der Waals surface area contributed by atoms with E-state index in [0.717, 1.165) is 54.6 Å². The van der Waals surface area contributed by atoms with Crippen LogP contribution in [0.25, 0.3) is 5.69 Å². The number of hydrogen-bond acceptors (Lipinski definition) is 6. The number of rotatable bonds is 6. The van der Waals surface area contributed by atoms with Crippen molar-refractivity contribution < 1.29 is 9.72 Å². The molecule has 0 radical (unpaired) electrons. The number of nitrogens with one attached hydrogen (secondary N) is 1. The van der Waals surface area contributed by atoms with E-state index in [4.69, 9.17) is 0 Å². The predicted molar refractivity (Wildman–Crippen MR) is 128 cm³/mol. The second kappa shape index (κ2) is 9.41. The summed E-state index contributed by atoms with van der Waals surface area (Å²) in [5.41, 5.74) is 5.62. The van der Waals surface area contributed by atoms with E-state index in [-0.39, 0.29) is 11.6 Å². The molecule has 33 heavy (non-hydrogen) atoms. The number of amides is 1. The van der Waals surface area contributed by atoms with Crippen LogP contribution in [-0.4, -0.2) is 58.2 Å². The number of nitro groups is 1. The number of anilines is 2. The van der Waals surface area contributed by atoms with Gasteiger partial charge >= 0.3 is 0 Å². The first-order valence-electron chi connectivity index (χ1n) is 11.0. The summed E-state index contributed by atoms with van der Waals surface area (Å²) in [6.45, 7) is 9.21. The number of nitrogens with zero attached hydrogens (tertiary/aromatic N) is 5. The summed E-state index contributed by atoms with van der Waals surface area (Å²) in [5.74, 6) is -0.0616. The lowest BCUT2D eigenvalue weighted by atomic mass is 10.2. The van der Waals surface area contributed by atoms with Gasteiger partial charge in [-0.1, -0.05) is 17.7 Å². The molecule has 9 heteroatoms. The average Bonchev–Trinajstić information content (AvgIpc) is 3.08. The summed E-state index contributed by atoms with van der Waals surface area (Å²) < 4.78 is 1.85. The molecule has 1 saturated heterocycles. The Morgan fingerprint density at radius 3 is 2.18 bits per heavy atom. The van der Waals surface area contributed by atoms with Gasteiger partial charge in [-0.3, -0.25) is 19.8 Å². The van der Waals surface area contributed by atoms with Crippen LogP contribution in [0.15, 0.2) is 48.5 Å². The molecule has 1 amide bonds.